The molecule has 0 atom stereocenters. The summed E-state index contributed by atoms with van der Waals surface area (Å²) in [6.07, 6.45) is 3.85. The summed E-state index contributed by atoms with van der Waals surface area (Å²) in [5.74, 6) is 1.26. The molecule has 0 aliphatic rings. The minimum atomic E-state index is -3.21. The average Bonchev–Trinajstić information content (AvgIpc) is 2.66. The van der Waals surface area contributed by atoms with E-state index in [2.05, 4.69) is 27.5 Å². The Bertz CT molecular complexity index is 927. The van der Waals surface area contributed by atoms with E-state index in [0.29, 0.717) is 36.4 Å². The Morgan fingerprint density at radius 3 is 2.61 bits per heavy atom. The molecule has 28 heavy (non-hydrogen) atoms. The molecule has 0 aliphatic heterocycles. The van der Waals surface area contributed by atoms with Gasteiger partial charge in [0, 0.05) is 38.2 Å². The van der Waals surface area contributed by atoms with Gasteiger partial charge in [0.05, 0.1) is 11.5 Å². The number of guanidine groups is 1. The second kappa shape index (κ2) is 10.1. The minimum Gasteiger partial charge on any atom is -0.477 e. The summed E-state index contributed by atoms with van der Waals surface area (Å²) in [6.45, 7) is 5.53. The third-order valence-corrected chi connectivity index (χ3v) is 5.32. The first-order valence-electron chi connectivity index (χ1n) is 9.16. The Kier molecular flexibility index (Phi) is 7.80. The summed E-state index contributed by atoms with van der Waals surface area (Å²) >= 11 is 0. The molecule has 0 bridgehead atoms. The largest absolute Gasteiger partial charge is 0.477 e. The van der Waals surface area contributed by atoms with Crippen molar-refractivity contribution in [2.45, 2.75) is 38.3 Å². The van der Waals surface area contributed by atoms with Crippen molar-refractivity contribution in [3.8, 4) is 5.88 Å². The zero-order chi connectivity index (χ0) is 20.6. The van der Waals surface area contributed by atoms with E-state index in [1.165, 1.54) is 6.26 Å². The third kappa shape index (κ3) is 6.23. The Morgan fingerprint density at radius 2 is 1.96 bits per heavy atom. The van der Waals surface area contributed by atoms with Gasteiger partial charge >= 0.3 is 0 Å². The molecule has 152 valence electrons. The lowest BCUT2D eigenvalue weighted by molar-refractivity contribution is 0.301. The van der Waals surface area contributed by atoms with Gasteiger partial charge in [-0.25, -0.2) is 13.4 Å². The van der Waals surface area contributed by atoms with Crippen LogP contribution in [0.2, 0.25) is 0 Å². The van der Waals surface area contributed by atoms with Gasteiger partial charge in [-0.3, -0.25) is 4.99 Å². The molecule has 1 heterocycles. The molecular formula is C20H28N4O3S. The highest BCUT2D eigenvalue weighted by Crippen LogP contribution is 2.17. The fourth-order valence-electron chi connectivity index (χ4n) is 2.71. The molecule has 2 aromatic rings. The van der Waals surface area contributed by atoms with Crippen LogP contribution >= 0.6 is 0 Å². The van der Waals surface area contributed by atoms with Crippen molar-refractivity contribution in [1.29, 1.82) is 0 Å². The number of hydrogen-bond donors (Lipinski definition) is 2. The molecule has 0 spiro atoms. The summed E-state index contributed by atoms with van der Waals surface area (Å²) in [6, 6.07) is 9.16. The van der Waals surface area contributed by atoms with Crippen molar-refractivity contribution in [2.75, 3.05) is 19.9 Å². The first-order chi connectivity index (χ1) is 13.3. The highest BCUT2D eigenvalue weighted by atomic mass is 32.2. The van der Waals surface area contributed by atoms with E-state index in [4.69, 9.17) is 4.74 Å². The smallest absolute Gasteiger partial charge is 0.218 e. The Hall–Kier alpha value is -2.61. The fraction of sp³-hybridized carbons (Fsp3) is 0.400. The number of aryl methyl sites for hydroxylation is 1. The second-order valence-electron chi connectivity index (χ2n) is 6.47. The summed E-state index contributed by atoms with van der Waals surface area (Å²) in [7, 11) is -1.51. The molecule has 0 fully saturated rings. The van der Waals surface area contributed by atoms with E-state index in [0.717, 1.165) is 23.1 Å². The van der Waals surface area contributed by atoms with Gasteiger partial charge in [0.25, 0.3) is 0 Å². The molecule has 2 rings (SSSR count). The lowest BCUT2D eigenvalue weighted by Crippen LogP contribution is -2.36. The summed E-state index contributed by atoms with van der Waals surface area (Å²) in [5.41, 5.74) is 2.66. The van der Waals surface area contributed by atoms with Crippen molar-refractivity contribution in [1.82, 2.24) is 15.6 Å². The van der Waals surface area contributed by atoms with Crippen molar-refractivity contribution >= 4 is 15.8 Å². The third-order valence-electron chi connectivity index (χ3n) is 4.06. The summed E-state index contributed by atoms with van der Waals surface area (Å²) in [4.78, 5) is 8.86. The molecule has 7 nitrogen and oxygen atoms in total. The monoisotopic (exact) mass is 404 g/mol. The van der Waals surface area contributed by atoms with Crippen molar-refractivity contribution in [3.63, 3.8) is 0 Å². The van der Waals surface area contributed by atoms with E-state index in [1.807, 2.05) is 24.3 Å². The molecule has 0 radical (unpaired) electrons. The Morgan fingerprint density at radius 1 is 1.21 bits per heavy atom. The van der Waals surface area contributed by atoms with Crippen LogP contribution in [0, 0.1) is 6.92 Å². The number of nitrogens with one attached hydrogen (secondary N) is 2. The number of aliphatic imine (C=N–C) groups is 1. The number of hydrogen-bond acceptors (Lipinski definition) is 5. The van der Waals surface area contributed by atoms with Crippen molar-refractivity contribution in [2.24, 2.45) is 4.99 Å². The molecule has 0 amide bonds. The fourth-order valence-corrected chi connectivity index (χ4v) is 3.67. The van der Waals surface area contributed by atoms with Crippen LogP contribution in [0.1, 0.15) is 30.0 Å². The highest BCUT2D eigenvalue weighted by molar-refractivity contribution is 7.90. The van der Waals surface area contributed by atoms with Crippen molar-refractivity contribution < 1.29 is 13.2 Å². The molecule has 1 aromatic heterocycles. The summed E-state index contributed by atoms with van der Waals surface area (Å²) < 4.78 is 29.1. The molecule has 0 unspecified atom stereocenters. The predicted molar refractivity (Wildman–Crippen MR) is 111 cm³/mol. The second-order valence-corrected chi connectivity index (χ2v) is 8.45. The van der Waals surface area contributed by atoms with Gasteiger partial charge < -0.3 is 15.4 Å². The first kappa shape index (κ1) is 21.7. The van der Waals surface area contributed by atoms with Gasteiger partial charge in [-0.1, -0.05) is 25.1 Å². The zero-order valence-electron chi connectivity index (χ0n) is 16.8. The molecule has 0 aliphatic carbocycles. The van der Waals surface area contributed by atoms with E-state index >= 15 is 0 Å². The van der Waals surface area contributed by atoms with Crippen LogP contribution in [-0.2, 0) is 22.9 Å². The van der Waals surface area contributed by atoms with Crippen LogP contribution in [0.3, 0.4) is 0 Å². The van der Waals surface area contributed by atoms with Gasteiger partial charge in [0.15, 0.2) is 15.8 Å². The number of nitrogens with zero attached hydrogens (tertiary/aromatic N) is 2. The maximum Gasteiger partial charge on any atom is 0.218 e. The maximum atomic E-state index is 11.7. The quantitative estimate of drug-likeness (QED) is 0.519. The Balaban J connectivity index is 1.96. The lowest BCUT2D eigenvalue weighted by atomic mass is 10.1. The summed E-state index contributed by atoms with van der Waals surface area (Å²) in [5, 5.41) is 6.48. The van der Waals surface area contributed by atoms with Gasteiger partial charge in [-0.15, -0.1) is 0 Å². The number of rotatable bonds is 8. The molecule has 8 heteroatoms. The van der Waals surface area contributed by atoms with Crippen LogP contribution in [-0.4, -0.2) is 39.3 Å². The normalized spacial score (nSPS) is 11.9. The zero-order valence-corrected chi connectivity index (χ0v) is 17.6. The number of benzene rings is 1. The van der Waals surface area contributed by atoms with Gasteiger partial charge in [-0.2, -0.15) is 0 Å². The molecule has 2 N–H and O–H groups in total. The van der Waals surface area contributed by atoms with Crippen LogP contribution in [0.25, 0.3) is 0 Å². The molecule has 0 saturated heterocycles. The number of pyridine rings is 1. The maximum absolute atomic E-state index is 11.7. The van der Waals surface area contributed by atoms with Gasteiger partial charge in [-0.05, 0) is 36.6 Å². The van der Waals surface area contributed by atoms with Crippen molar-refractivity contribution in [3.05, 3.63) is 53.2 Å². The van der Waals surface area contributed by atoms with E-state index < -0.39 is 9.84 Å². The number of ether oxygens (including phenoxy) is 1. The molecular weight excluding hydrogens is 376 g/mol. The minimum absolute atomic E-state index is 0.356. The number of sulfone groups is 1. The van der Waals surface area contributed by atoms with Gasteiger partial charge in [0.1, 0.15) is 0 Å². The molecule has 0 saturated carbocycles. The first-order valence-corrected chi connectivity index (χ1v) is 11.0. The lowest BCUT2D eigenvalue weighted by Gasteiger charge is -2.14. The van der Waals surface area contributed by atoms with Crippen LogP contribution in [0.5, 0.6) is 5.88 Å². The molecule has 1 aromatic carbocycles. The average molecular weight is 405 g/mol. The number of aromatic nitrogens is 1. The topological polar surface area (TPSA) is 92.7 Å². The SMILES string of the molecule is CCCOc1ncccc1CNC(=NC)NCc1ccc(S(C)(=O)=O)c(C)c1. The van der Waals surface area contributed by atoms with Crippen LogP contribution < -0.4 is 15.4 Å². The van der Waals surface area contributed by atoms with Crippen LogP contribution in [0.15, 0.2) is 46.4 Å². The van der Waals surface area contributed by atoms with Gasteiger partial charge in [0.2, 0.25) is 5.88 Å². The standard InChI is InChI=1S/C20H28N4O3S/c1-5-11-27-19-17(7-6-10-22-19)14-24-20(21-3)23-13-16-8-9-18(15(2)12-16)28(4,25)26/h6-10,12H,5,11,13-14H2,1-4H3,(H2,21,23,24). The van der Waals surface area contributed by atoms with E-state index in [9.17, 15) is 8.42 Å². The van der Waals surface area contributed by atoms with Crippen LogP contribution in [0.4, 0.5) is 0 Å². The predicted octanol–water partition coefficient (Wildman–Crippen LogP) is 2.45. The Labute approximate surface area is 167 Å². The van der Waals surface area contributed by atoms with E-state index in [1.54, 1.807) is 26.2 Å². The van der Waals surface area contributed by atoms with E-state index in [-0.39, 0.29) is 0 Å². The highest BCUT2D eigenvalue weighted by Gasteiger charge is 2.11.